The van der Waals surface area contributed by atoms with Gasteiger partial charge in [-0.3, -0.25) is 9.59 Å². The Kier molecular flexibility index (Phi) is 9.69. The van der Waals surface area contributed by atoms with Crippen LogP contribution >= 0.6 is 23.2 Å². The number of fused-ring (bicyclic) bond motifs is 1. The zero-order valence-electron chi connectivity index (χ0n) is 22.0. The largest absolute Gasteiger partial charge is 0.497 e. The smallest absolute Gasteiger partial charge is 0.328 e. The van der Waals surface area contributed by atoms with Crippen molar-refractivity contribution < 1.29 is 29.0 Å². The van der Waals surface area contributed by atoms with E-state index in [1.54, 1.807) is 25.3 Å². The van der Waals surface area contributed by atoms with Crippen LogP contribution in [-0.2, 0) is 17.8 Å². The molecule has 0 fully saturated rings. The number of methoxy groups -OCH3 is 1. The maximum absolute atomic E-state index is 12.9. The van der Waals surface area contributed by atoms with Crippen LogP contribution in [0.1, 0.15) is 49.9 Å². The van der Waals surface area contributed by atoms with Crippen molar-refractivity contribution >= 4 is 47.0 Å². The maximum atomic E-state index is 12.9. The van der Waals surface area contributed by atoms with Gasteiger partial charge < -0.3 is 31.1 Å². The molecule has 1 unspecified atom stereocenters. The molecule has 0 aliphatic heterocycles. The van der Waals surface area contributed by atoms with Crippen molar-refractivity contribution in [3.63, 3.8) is 0 Å². The molecular weight excluding hydrogens is 571 g/mol. The van der Waals surface area contributed by atoms with Gasteiger partial charge in [0.2, 0.25) is 0 Å². The first-order chi connectivity index (χ1) is 19.7. The first-order valence-corrected chi connectivity index (χ1v) is 13.5. The van der Waals surface area contributed by atoms with Gasteiger partial charge in [-0.15, -0.1) is 0 Å². The van der Waals surface area contributed by atoms with Crippen molar-refractivity contribution in [1.82, 2.24) is 21.3 Å². The summed E-state index contributed by atoms with van der Waals surface area (Å²) in [5, 5.41) is 19.7. The molecule has 0 radical (unpaired) electrons. The number of aryl methyl sites for hydroxylation is 1. The Hall–Kier alpha value is -4.28. The molecule has 12 heteroatoms. The highest BCUT2D eigenvalue weighted by molar-refractivity contribution is 6.40. The van der Waals surface area contributed by atoms with Gasteiger partial charge in [-0.25, -0.2) is 9.59 Å². The van der Waals surface area contributed by atoms with Gasteiger partial charge in [0.15, 0.2) is 0 Å². The number of rotatable bonds is 10. The Morgan fingerprint density at radius 3 is 2.41 bits per heavy atom. The molecule has 3 aromatic carbocycles. The fraction of sp³-hybridized carbons (Fsp3) is 0.241. The van der Waals surface area contributed by atoms with Crippen LogP contribution in [0.15, 0.2) is 60.7 Å². The molecule has 41 heavy (non-hydrogen) atoms. The number of ether oxygens (including phenoxy) is 1. The van der Waals surface area contributed by atoms with E-state index < -0.39 is 29.9 Å². The van der Waals surface area contributed by atoms with Crippen molar-refractivity contribution in [3.8, 4) is 5.75 Å². The molecule has 1 aliphatic carbocycles. The van der Waals surface area contributed by atoms with Gasteiger partial charge in [0.1, 0.15) is 11.8 Å². The summed E-state index contributed by atoms with van der Waals surface area (Å²) in [7, 11) is 1.54. The zero-order chi connectivity index (χ0) is 29.5. The minimum Gasteiger partial charge on any atom is -0.497 e. The highest BCUT2D eigenvalue weighted by atomic mass is 35.5. The Morgan fingerprint density at radius 2 is 1.71 bits per heavy atom. The predicted molar refractivity (Wildman–Crippen MR) is 154 cm³/mol. The van der Waals surface area contributed by atoms with Gasteiger partial charge in [-0.1, -0.05) is 59.6 Å². The number of carbonyl (C=O) groups is 4. The Bertz CT molecular complexity index is 1460. The van der Waals surface area contributed by atoms with Gasteiger partial charge >= 0.3 is 12.0 Å². The first kappa shape index (κ1) is 29.7. The van der Waals surface area contributed by atoms with Gasteiger partial charge in [-0.2, -0.15) is 0 Å². The molecule has 0 heterocycles. The lowest BCUT2D eigenvalue weighted by Crippen LogP contribution is -2.50. The Morgan fingerprint density at radius 1 is 0.976 bits per heavy atom. The fourth-order valence-electron chi connectivity index (χ4n) is 4.53. The fourth-order valence-corrected chi connectivity index (χ4v) is 5.19. The number of halogens is 2. The molecule has 1 aliphatic rings. The number of hydrogen-bond donors (Lipinski definition) is 5. The first-order valence-electron chi connectivity index (χ1n) is 12.7. The van der Waals surface area contributed by atoms with Crippen LogP contribution in [0.2, 0.25) is 10.0 Å². The SMILES string of the molecule is COc1cccc(CNC(=O)c2cc(Cl)c(C(=O)NC(CNC(=O)N[C@@H]3CCc4ccccc43)C(=O)O)c(Cl)c2)c1. The van der Waals surface area contributed by atoms with E-state index in [-0.39, 0.29) is 40.3 Å². The molecule has 4 rings (SSSR count). The summed E-state index contributed by atoms with van der Waals surface area (Å²) in [5.74, 6) is -2.08. The molecule has 4 amide bonds. The zero-order valence-corrected chi connectivity index (χ0v) is 23.5. The average molecular weight is 599 g/mol. The molecular formula is C29H28Cl2N4O6. The minimum atomic E-state index is -1.47. The van der Waals surface area contributed by atoms with Crippen LogP contribution in [0.5, 0.6) is 5.75 Å². The van der Waals surface area contributed by atoms with Crippen LogP contribution in [0.25, 0.3) is 0 Å². The van der Waals surface area contributed by atoms with E-state index in [0.29, 0.717) is 5.75 Å². The van der Waals surface area contributed by atoms with E-state index >= 15 is 0 Å². The second-order valence-electron chi connectivity index (χ2n) is 9.36. The summed E-state index contributed by atoms with van der Waals surface area (Å²) in [6.07, 6.45) is 1.57. The number of carbonyl (C=O) groups excluding carboxylic acids is 3. The number of nitrogens with one attached hydrogen (secondary N) is 4. The summed E-state index contributed by atoms with van der Waals surface area (Å²) in [5.41, 5.74) is 2.90. The second kappa shape index (κ2) is 13.4. The number of amides is 4. The van der Waals surface area contributed by atoms with E-state index in [4.69, 9.17) is 27.9 Å². The van der Waals surface area contributed by atoms with Crippen molar-refractivity contribution in [2.45, 2.75) is 31.5 Å². The normalized spacial score (nSPS) is 14.4. The molecule has 0 bridgehead atoms. The number of urea groups is 1. The Balaban J connectivity index is 1.35. The van der Waals surface area contributed by atoms with Crippen molar-refractivity contribution in [2.75, 3.05) is 13.7 Å². The molecule has 3 aromatic rings. The summed E-state index contributed by atoms with van der Waals surface area (Å²) in [4.78, 5) is 49.9. The maximum Gasteiger partial charge on any atom is 0.328 e. The number of carboxylic acid groups (broad SMARTS) is 1. The molecule has 0 saturated heterocycles. The lowest BCUT2D eigenvalue weighted by molar-refractivity contribution is -0.139. The molecule has 0 saturated carbocycles. The highest BCUT2D eigenvalue weighted by Crippen LogP contribution is 2.30. The molecule has 10 nitrogen and oxygen atoms in total. The van der Waals surface area contributed by atoms with Crippen molar-refractivity contribution in [2.24, 2.45) is 0 Å². The van der Waals surface area contributed by atoms with E-state index in [2.05, 4.69) is 21.3 Å². The van der Waals surface area contributed by atoms with Crippen LogP contribution in [0.4, 0.5) is 4.79 Å². The summed E-state index contributed by atoms with van der Waals surface area (Å²) >= 11 is 12.6. The van der Waals surface area contributed by atoms with Gasteiger partial charge in [0.05, 0.1) is 35.3 Å². The molecule has 5 N–H and O–H groups in total. The molecule has 214 valence electrons. The van der Waals surface area contributed by atoms with Gasteiger partial charge in [0, 0.05) is 12.1 Å². The number of hydrogen-bond acceptors (Lipinski definition) is 5. The van der Waals surface area contributed by atoms with E-state index in [1.165, 1.54) is 12.1 Å². The van der Waals surface area contributed by atoms with Gasteiger partial charge in [0.25, 0.3) is 11.8 Å². The number of carboxylic acids is 1. The van der Waals surface area contributed by atoms with Gasteiger partial charge in [-0.05, 0) is 53.8 Å². The van der Waals surface area contributed by atoms with Crippen LogP contribution in [0, 0.1) is 0 Å². The molecule has 2 atom stereocenters. The third kappa shape index (κ3) is 7.47. The number of benzene rings is 3. The van der Waals surface area contributed by atoms with E-state index in [1.807, 2.05) is 30.3 Å². The lowest BCUT2D eigenvalue weighted by Gasteiger charge is -2.19. The molecule has 0 aromatic heterocycles. The number of aliphatic carboxylic acids is 1. The highest BCUT2D eigenvalue weighted by Gasteiger charge is 2.27. The quantitative estimate of drug-likeness (QED) is 0.237. The Labute approximate surface area is 246 Å². The lowest BCUT2D eigenvalue weighted by atomic mass is 10.1. The topological polar surface area (TPSA) is 146 Å². The van der Waals surface area contributed by atoms with Crippen molar-refractivity contribution in [3.05, 3.63) is 98.5 Å². The van der Waals surface area contributed by atoms with Crippen molar-refractivity contribution in [1.29, 1.82) is 0 Å². The summed E-state index contributed by atoms with van der Waals surface area (Å²) in [6, 6.07) is 15.3. The molecule has 0 spiro atoms. The summed E-state index contributed by atoms with van der Waals surface area (Å²) in [6.45, 7) is -0.178. The van der Waals surface area contributed by atoms with Crippen LogP contribution in [-0.4, -0.2) is 48.6 Å². The average Bonchev–Trinajstić information content (AvgIpc) is 3.36. The summed E-state index contributed by atoms with van der Waals surface area (Å²) < 4.78 is 5.17. The van der Waals surface area contributed by atoms with Crippen LogP contribution in [0.3, 0.4) is 0 Å². The van der Waals surface area contributed by atoms with Crippen LogP contribution < -0.4 is 26.0 Å². The standard InChI is InChI=1S/C29H28Cl2N4O6/c1-41-19-7-4-5-16(11-19)14-32-26(36)18-12-21(30)25(22(31)13-18)27(37)34-24(28(38)39)15-33-29(40)35-23-10-9-17-6-2-3-8-20(17)23/h2-8,11-13,23-24H,9-10,14-15H2,1H3,(H,32,36)(H,34,37)(H,38,39)(H2,33,35,40)/t23-,24?/m1/s1. The third-order valence-electron chi connectivity index (χ3n) is 6.63. The minimum absolute atomic E-state index is 0.112. The predicted octanol–water partition coefficient (Wildman–Crippen LogP) is 4.10. The third-order valence-corrected chi connectivity index (χ3v) is 7.22. The monoisotopic (exact) mass is 598 g/mol. The van der Waals surface area contributed by atoms with E-state index in [9.17, 15) is 24.3 Å². The van der Waals surface area contributed by atoms with E-state index in [0.717, 1.165) is 29.5 Å². The second-order valence-corrected chi connectivity index (χ2v) is 10.2.